The number of benzene rings is 2. The summed E-state index contributed by atoms with van der Waals surface area (Å²) in [5.41, 5.74) is 1.87. The number of rotatable bonds is 6. The van der Waals surface area contributed by atoms with E-state index in [0.29, 0.717) is 23.5 Å². The van der Waals surface area contributed by atoms with E-state index in [2.05, 4.69) is 10.6 Å². The fraction of sp³-hybridized carbons (Fsp3) is 0.364. The minimum absolute atomic E-state index is 0.0447. The number of anilines is 2. The zero-order valence-corrected chi connectivity index (χ0v) is 17.0. The van der Waals surface area contributed by atoms with Crippen LogP contribution >= 0.6 is 0 Å². The van der Waals surface area contributed by atoms with E-state index in [-0.39, 0.29) is 24.0 Å². The lowest BCUT2D eigenvalue weighted by atomic mass is 10.2. The Kier molecular flexibility index (Phi) is 6.85. The van der Waals surface area contributed by atoms with Crippen molar-refractivity contribution >= 4 is 23.2 Å². The van der Waals surface area contributed by atoms with Gasteiger partial charge in [0.05, 0.1) is 7.11 Å². The van der Waals surface area contributed by atoms with Crippen LogP contribution in [0.5, 0.6) is 5.75 Å². The molecule has 3 N–H and O–H groups in total. The van der Waals surface area contributed by atoms with Crippen LogP contribution in [0.25, 0.3) is 0 Å². The smallest absolute Gasteiger partial charge is 0.279 e. The normalized spacial score (nSPS) is 21.3. The highest BCUT2D eigenvalue weighted by Gasteiger charge is 2.27. The van der Waals surface area contributed by atoms with Crippen molar-refractivity contribution < 1.29 is 24.0 Å². The van der Waals surface area contributed by atoms with Gasteiger partial charge in [-0.2, -0.15) is 0 Å². The molecule has 1 unspecified atom stereocenters. The summed E-state index contributed by atoms with van der Waals surface area (Å²) < 4.78 is 10.8. The second-order valence-electron chi connectivity index (χ2n) is 7.40. The minimum atomic E-state index is -0.214. The van der Waals surface area contributed by atoms with Gasteiger partial charge in [0.1, 0.15) is 31.0 Å². The van der Waals surface area contributed by atoms with Crippen LogP contribution in [0, 0.1) is 0 Å². The quantitative estimate of drug-likeness (QED) is 0.690. The molecule has 0 bridgehead atoms. The highest BCUT2D eigenvalue weighted by atomic mass is 16.5. The number of ether oxygens (including phenoxy) is 2. The zero-order valence-electron chi connectivity index (χ0n) is 17.0. The number of morpholine rings is 1. The first kappa shape index (κ1) is 20.8. The van der Waals surface area contributed by atoms with Gasteiger partial charge in [0.15, 0.2) is 6.54 Å². The van der Waals surface area contributed by atoms with Crippen molar-refractivity contribution in [3.05, 3.63) is 54.1 Å². The maximum Gasteiger partial charge on any atom is 0.279 e. The number of hydrogen-bond donors (Lipinski definition) is 3. The molecular weight excluding hydrogens is 370 g/mol. The molecule has 0 aromatic heterocycles. The molecule has 0 radical (unpaired) electrons. The van der Waals surface area contributed by atoms with Gasteiger partial charge in [-0.3, -0.25) is 9.59 Å². The van der Waals surface area contributed by atoms with Gasteiger partial charge in [-0.15, -0.1) is 0 Å². The molecule has 1 aliphatic heterocycles. The molecule has 0 aliphatic carbocycles. The molecule has 2 amide bonds. The van der Waals surface area contributed by atoms with Crippen molar-refractivity contribution in [1.29, 1.82) is 0 Å². The summed E-state index contributed by atoms with van der Waals surface area (Å²) in [4.78, 5) is 25.9. The molecule has 2 aromatic rings. The Bertz CT molecular complexity index is 826. The second-order valence-corrected chi connectivity index (χ2v) is 7.40. The maximum absolute atomic E-state index is 12.4. The average molecular weight is 398 g/mol. The predicted molar refractivity (Wildman–Crippen MR) is 112 cm³/mol. The van der Waals surface area contributed by atoms with E-state index in [9.17, 15) is 9.59 Å². The highest BCUT2D eigenvalue weighted by Crippen LogP contribution is 2.16. The van der Waals surface area contributed by atoms with E-state index in [1.807, 2.05) is 13.8 Å². The summed E-state index contributed by atoms with van der Waals surface area (Å²) in [5.74, 6) is 0.469. The number of methoxy groups -OCH3 is 1. The zero-order chi connectivity index (χ0) is 20.8. The van der Waals surface area contributed by atoms with Gasteiger partial charge >= 0.3 is 0 Å². The van der Waals surface area contributed by atoms with Crippen molar-refractivity contribution in [2.75, 3.05) is 37.4 Å². The molecule has 1 fully saturated rings. The standard InChI is InChI=1S/C22H27N3O4/c1-15-12-25(13-16(2)29-15)14-21(26)23-18-6-4-17(5-7-18)22(27)24-19-8-10-20(28-3)11-9-19/h4-11,15-16H,12-14H2,1-3H3,(H,23,26)(H,24,27)/p+1/t15-,16+. The minimum Gasteiger partial charge on any atom is -0.497 e. The summed E-state index contributed by atoms with van der Waals surface area (Å²) >= 11 is 0. The molecule has 1 heterocycles. The second kappa shape index (κ2) is 9.54. The molecule has 0 spiro atoms. The van der Waals surface area contributed by atoms with E-state index in [1.54, 1.807) is 55.6 Å². The van der Waals surface area contributed by atoms with Crippen LogP contribution in [0.1, 0.15) is 24.2 Å². The van der Waals surface area contributed by atoms with Gasteiger partial charge in [-0.1, -0.05) is 0 Å². The molecule has 7 nitrogen and oxygen atoms in total. The number of carbonyl (C=O) groups is 2. The first-order valence-corrected chi connectivity index (χ1v) is 9.77. The lowest BCUT2D eigenvalue weighted by Crippen LogP contribution is -3.16. The van der Waals surface area contributed by atoms with Crippen LogP contribution < -0.4 is 20.3 Å². The van der Waals surface area contributed by atoms with E-state index in [0.717, 1.165) is 18.8 Å². The summed E-state index contributed by atoms with van der Waals surface area (Å²) in [5, 5.41) is 5.74. The van der Waals surface area contributed by atoms with Crippen LogP contribution in [0.3, 0.4) is 0 Å². The Hall–Kier alpha value is -2.90. The van der Waals surface area contributed by atoms with Crippen LogP contribution in [-0.4, -0.2) is 50.8 Å². The molecule has 3 rings (SSSR count). The molecule has 2 aromatic carbocycles. The van der Waals surface area contributed by atoms with Crippen molar-refractivity contribution in [2.24, 2.45) is 0 Å². The molecule has 7 heteroatoms. The SMILES string of the molecule is COc1ccc(NC(=O)c2ccc(NC(=O)C[NH+]3C[C@@H](C)O[C@@H](C)C3)cc2)cc1. The number of quaternary nitrogens is 1. The first-order valence-electron chi connectivity index (χ1n) is 9.77. The van der Waals surface area contributed by atoms with Crippen LogP contribution in [0.2, 0.25) is 0 Å². The van der Waals surface area contributed by atoms with Crippen molar-refractivity contribution in [3.63, 3.8) is 0 Å². The molecular formula is C22H28N3O4+. The van der Waals surface area contributed by atoms with Gasteiger partial charge < -0.3 is 25.0 Å². The van der Waals surface area contributed by atoms with Crippen LogP contribution in [-0.2, 0) is 9.53 Å². The molecule has 154 valence electrons. The maximum atomic E-state index is 12.4. The van der Waals surface area contributed by atoms with E-state index in [1.165, 1.54) is 4.90 Å². The molecule has 0 saturated carbocycles. The largest absolute Gasteiger partial charge is 0.497 e. The van der Waals surface area contributed by atoms with E-state index < -0.39 is 0 Å². The van der Waals surface area contributed by atoms with E-state index in [4.69, 9.17) is 9.47 Å². The van der Waals surface area contributed by atoms with Gasteiger partial charge in [-0.05, 0) is 62.4 Å². The predicted octanol–water partition coefficient (Wildman–Crippen LogP) is 1.58. The molecule has 1 aliphatic rings. The lowest BCUT2D eigenvalue weighted by molar-refractivity contribution is -0.907. The van der Waals surface area contributed by atoms with E-state index >= 15 is 0 Å². The van der Waals surface area contributed by atoms with Crippen molar-refractivity contribution in [2.45, 2.75) is 26.1 Å². The van der Waals surface area contributed by atoms with Crippen molar-refractivity contribution in [1.82, 2.24) is 0 Å². The Morgan fingerprint density at radius 1 is 0.966 bits per heavy atom. The third-order valence-electron chi connectivity index (χ3n) is 4.81. The van der Waals surface area contributed by atoms with Crippen LogP contribution in [0.4, 0.5) is 11.4 Å². The van der Waals surface area contributed by atoms with Gasteiger partial charge in [-0.25, -0.2) is 0 Å². The number of nitrogens with one attached hydrogen (secondary N) is 3. The Morgan fingerprint density at radius 3 is 2.10 bits per heavy atom. The number of amides is 2. The Morgan fingerprint density at radius 2 is 1.52 bits per heavy atom. The average Bonchev–Trinajstić information content (AvgIpc) is 2.68. The van der Waals surface area contributed by atoms with Crippen LogP contribution in [0.15, 0.2) is 48.5 Å². The fourth-order valence-electron chi connectivity index (χ4n) is 3.55. The molecule has 29 heavy (non-hydrogen) atoms. The van der Waals surface area contributed by atoms with Gasteiger partial charge in [0.25, 0.3) is 11.8 Å². The summed E-state index contributed by atoms with van der Waals surface area (Å²) in [6.07, 6.45) is 0.315. The summed E-state index contributed by atoms with van der Waals surface area (Å²) in [7, 11) is 1.59. The summed E-state index contributed by atoms with van der Waals surface area (Å²) in [6, 6.07) is 14.0. The lowest BCUT2D eigenvalue weighted by Gasteiger charge is -2.31. The highest BCUT2D eigenvalue weighted by molar-refractivity contribution is 6.04. The fourth-order valence-corrected chi connectivity index (χ4v) is 3.55. The third-order valence-corrected chi connectivity index (χ3v) is 4.81. The molecule has 1 saturated heterocycles. The van der Waals surface area contributed by atoms with Gasteiger partial charge in [0, 0.05) is 16.9 Å². The summed E-state index contributed by atoms with van der Waals surface area (Å²) in [6.45, 7) is 6.11. The third kappa shape index (κ3) is 6.04. The van der Waals surface area contributed by atoms with Crippen molar-refractivity contribution in [3.8, 4) is 5.75 Å². The topological polar surface area (TPSA) is 81.1 Å². The Labute approximate surface area is 171 Å². The monoisotopic (exact) mass is 398 g/mol. The molecule has 3 atom stereocenters. The number of hydrogen-bond acceptors (Lipinski definition) is 4. The number of carbonyl (C=O) groups excluding carboxylic acids is 2. The Balaban J connectivity index is 1.52. The first-order chi connectivity index (χ1) is 13.9. The van der Waals surface area contributed by atoms with Gasteiger partial charge in [0.2, 0.25) is 0 Å².